The van der Waals surface area contributed by atoms with Gasteiger partial charge in [-0.15, -0.1) is 0 Å². The van der Waals surface area contributed by atoms with Gasteiger partial charge in [0.15, 0.2) is 0 Å². The highest BCUT2D eigenvalue weighted by atomic mass is 35.5. The first kappa shape index (κ1) is 13.5. The van der Waals surface area contributed by atoms with Crippen molar-refractivity contribution >= 4 is 17.3 Å². The number of likely N-dealkylation sites (tertiary alicyclic amines) is 1. The maximum atomic E-state index is 6.19. The van der Waals surface area contributed by atoms with E-state index in [9.17, 15) is 0 Å². The van der Waals surface area contributed by atoms with Gasteiger partial charge in [0, 0.05) is 25.7 Å². The topological polar surface area (TPSA) is 15.3 Å². The van der Waals surface area contributed by atoms with Crippen LogP contribution in [0.2, 0.25) is 5.02 Å². The van der Waals surface area contributed by atoms with E-state index in [2.05, 4.69) is 40.5 Å². The van der Waals surface area contributed by atoms with Crippen molar-refractivity contribution in [2.45, 2.75) is 19.0 Å². The first-order chi connectivity index (χ1) is 9.81. The molecule has 0 aromatic heterocycles. The molecule has 104 valence electrons. The Labute approximate surface area is 125 Å². The van der Waals surface area contributed by atoms with E-state index in [1.165, 1.54) is 5.56 Å². The average molecular weight is 287 g/mol. The molecule has 3 rings (SSSR count). The minimum Gasteiger partial charge on any atom is -0.380 e. The molecule has 1 unspecified atom stereocenters. The number of halogens is 1. The minimum atomic E-state index is 0.485. The average Bonchev–Trinajstić information content (AvgIpc) is 2.90. The van der Waals surface area contributed by atoms with Gasteiger partial charge >= 0.3 is 0 Å². The molecule has 0 aliphatic carbocycles. The van der Waals surface area contributed by atoms with Gasteiger partial charge < -0.3 is 5.32 Å². The molecule has 2 nitrogen and oxygen atoms in total. The third-order valence-electron chi connectivity index (χ3n) is 3.75. The summed E-state index contributed by atoms with van der Waals surface area (Å²) in [5.74, 6) is 0. The van der Waals surface area contributed by atoms with E-state index in [4.69, 9.17) is 11.6 Å². The number of anilines is 1. The van der Waals surface area contributed by atoms with Gasteiger partial charge in [-0.2, -0.15) is 0 Å². The fraction of sp³-hybridized carbons (Fsp3) is 0.294. The summed E-state index contributed by atoms with van der Waals surface area (Å²) in [6.45, 7) is 3.23. The summed E-state index contributed by atoms with van der Waals surface area (Å²) in [5.41, 5.74) is 2.42. The zero-order chi connectivity index (χ0) is 13.8. The lowest BCUT2D eigenvalue weighted by molar-refractivity contribution is 0.328. The molecular weight excluding hydrogens is 268 g/mol. The van der Waals surface area contributed by atoms with Crippen LogP contribution in [0.3, 0.4) is 0 Å². The van der Waals surface area contributed by atoms with Crippen molar-refractivity contribution in [1.29, 1.82) is 0 Å². The molecule has 1 atom stereocenters. The van der Waals surface area contributed by atoms with Gasteiger partial charge in [-0.3, -0.25) is 4.90 Å². The molecule has 1 saturated heterocycles. The molecule has 20 heavy (non-hydrogen) atoms. The van der Waals surface area contributed by atoms with Crippen LogP contribution in [0.25, 0.3) is 0 Å². The van der Waals surface area contributed by atoms with Crippen LogP contribution in [0.5, 0.6) is 0 Å². The van der Waals surface area contributed by atoms with E-state index >= 15 is 0 Å². The van der Waals surface area contributed by atoms with Crippen molar-refractivity contribution in [2.24, 2.45) is 0 Å². The van der Waals surface area contributed by atoms with Crippen molar-refractivity contribution in [3.05, 3.63) is 65.2 Å². The summed E-state index contributed by atoms with van der Waals surface area (Å²) in [6.07, 6.45) is 1.16. The van der Waals surface area contributed by atoms with Gasteiger partial charge in [0.05, 0.1) is 10.7 Å². The van der Waals surface area contributed by atoms with Crippen LogP contribution in [0.15, 0.2) is 54.6 Å². The molecule has 3 heteroatoms. The molecule has 2 aromatic rings. The molecule has 1 fully saturated rings. The monoisotopic (exact) mass is 286 g/mol. The lowest BCUT2D eigenvalue weighted by Gasteiger charge is -2.18. The summed E-state index contributed by atoms with van der Waals surface area (Å²) in [4.78, 5) is 2.49. The summed E-state index contributed by atoms with van der Waals surface area (Å²) in [7, 11) is 0. The highest BCUT2D eigenvalue weighted by Crippen LogP contribution is 2.24. The molecule has 0 spiro atoms. The smallest absolute Gasteiger partial charge is 0.0637 e. The number of benzene rings is 2. The van der Waals surface area contributed by atoms with Gasteiger partial charge in [0.25, 0.3) is 0 Å². The third kappa shape index (κ3) is 3.33. The predicted octanol–water partition coefficient (Wildman–Crippen LogP) is 4.03. The van der Waals surface area contributed by atoms with E-state index in [1.54, 1.807) is 0 Å². The van der Waals surface area contributed by atoms with Crippen LogP contribution < -0.4 is 5.32 Å². The Hall–Kier alpha value is -1.51. The van der Waals surface area contributed by atoms with Gasteiger partial charge in [-0.05, 0) is 24.1 Å². The fourth-order valence-corrected chi connectivity index (χ4v) is 2.92. The summed E-state index contributed by atoms with van der Waals surface area (Å²) in [5, 5.41) is 4.35. The molecule has 0 saturated carbocycles. The van der Waals surface area contributed by atoms with E-state index < -0.39 is 0 Å². The molecule has 1 N–H and O–H groups in total. The largest absolute Gasteiger partial charge is 0.380 e. The van der Waals surface area contributed by atoms with E-state index in [1.807, 2.05) is 24.3 Å². The Bertz CT molecular complexity index is 556. The SMILES string of the molecule is Clc1ccccc1NC1CCN(Cc2ccccc2)C1. The lowest BCUT2D eigenvalue weighted by atomic mass is 10.2. The molecule has 1 aliphatic rings. The summed E-state index contributed by atoms with van der Waals surface area (Å²) in [6, 6.07) is 19.1. The fourth-order valence-electron chi connectivity index (χ4n) is 2.73. The second-order valence-electron chi connectivity index (χ2n) is 5.33. The highest BCUT2D eigenvalue weighted by Gasteiger charge is 2.22. The van der Waals surface area contributed by atoms with Crippen molar-refractivity contribution in [3.8, 4) is 0 Å². The van der Waals surface area contributed by atoms with Crippen molar-refractivity contribution < 1.29 is 0 Å². The molecule has 0 bridgehead atoms. The number of rotatable bonds is 4. The first-order valence-corrected chi connectivity index (χ1v) is 7.46. The van der Waals surface area contributed by atoms with E-state index in [-0.39, 0.29) is 0 Å². The number of nitrogens with one attached hydrogen (secondary N) is 1. The van der Waals surface area contributed by atoms with Crippen molar-refractivity contribution in [3.63, 3.8) is 0 Å². The Kier molecular flexibility index (Phi) is 4.24. The second kappa shape index (κ2) is 6.29. The summed E-state index contributed by atoms with van der Waals surface area (Å²) >= 11 is 6.19. The first-order valence-electron chi connectivity index (χ1n) is 7.08. The van der Waals surface area contributed by atoms with Gasteiger partial charge in [-0.1, -0.05) is 54.1 Å². The van der Waals surface area contributed by atoms with Crippen LogP contribution >= 0.6 is 11.6 Å². The van der Waals surface area contributed by atoms with Gasteiger partial charge in [-0.25, -0.2) is 0 Å². The number of para-hydroxylation sites is 1. The van der Waals surface area contributed by atoms with Crippen LogP contribution in [-0.4, -0.2) is 24.0 Å². The van der Waals surface area contributed by atoms with Gasteiger partial charge in [0.1, 0.15) is 0 Å². The van der Waals surface area contributed by atoms with Crippen LogP contribution in [-0.2, 0) is 6.54 Å². The Morgan fingerprint density at radius 3 is 2.60 bits per heavy atom. The molecule has 1 aliphatic heterocycles. The van der Waals surface area contributed by atoms with Crippen LogP contribution in [0, 0.1) is 0 Å². The molecule has 1 heterocycles. The Morgan fingerprint density at radius 2 is 1.80 bits per heavy atom. The number of hydrogen-bond donors (Lipinski definition) is 1. The lowest BCUT2D eigenvalue weighted by Crippen LogP contribution is -2.26. The quantitative estimate of drug-likeness (QED) is 0.913. The molecule has 0 radical (unpaired) electrons. The van der Waals surface area contributed by atoms with Crippen LogP contribution in [0.1, 0.15) is 12.0 Å². The van der Waals surface area contributed by atoms with Gasteiger partial charge in [0.2, 0.25) is 0 Å². The van der Waals surface area contributed by atoms with Crippen molar-refractivity contribution in [2.75, 3.05) is 18.4 Å². The minimum absolute atomic E-state index is 0.485. The highest BCUT2D eigenvalue weighted by molar-refractivity contribution is 6.33. The standard InChI is InChI=1S/C17H19ClN2/c18-16-8-4-5-9-17(16)19-15-10-11-20(13-15)12-14-6-2-1-3-7-14/h1-9,15,19H,10-13H2. The molecule has 0 amide bonds. The molecular formula is C17H19ClN2. The number of hydrogen-bond acceptors (Lipinski definition) is 2. The molecule has 2 aromatic carbocycles. The maximum Gasteiger partial charge on any atom is 0.0637 e. The zero-order valence-electron chi connectivity index (χ0n) is 11.4. The Balaban J connectivity index is 1.56. The normalized spacial score (nSPS) is 19.1. The van der Waals surface area contributed by atoms with E-state index in [0.29, 0.717) is 6.04 Å². The Morgan fingerprint density at radius 1 is 1.05 bits per heavy atom. The predicted molar refractivity (Wildman–Crippen MR) is 85.2 cm³/mol. The maximum absolute atomic E-state index is 6.19. The van der Waals surface area contributed by atoms with Crippen molar-refractivity contribution in [1.82, 2.24) is 4.90 Å². The van der Waals surface area contributed by atoms with Crippen LogP contribution in [0.4, 0.5) is 5.69 Å². The van der Waals surface area contributed by atoms with E-state index in [0.717, 1.165) is 36.8 Å². The third-order valence-corrected chi connectivity index (χ3v) is 4.08. The number of nitrogens with zero attached hydrogens (tertiary/aromatic N) is 1. The summed E-state index contributed by atoms with van der Waals surface area (Å²) < 4.78 is 0. The second-order valence-corrected chi connectivity index (χ2v) is 5.74. The zero-order valence-corrected chi connectivity index (χ0v) is 12.2.